The zero-order valence-corrected chi connectivity index (χ0v) is 40.8. The molecule has 0 amide bonds. The lowest BCUT2D eigenvalue weighted by Crippen LogP contribution is -2.37. The molecular formula is C51H55N3O19. The van der Waals surface area contributed by atoms with Gasteiger partial charge in [0.15, 0.2) is 11.3 Å². The predicted molar refractivity (Wildman–Crippen MR) is 259 cm³/mol. The van der Waals surface area contributed by atoms with E-state index >= 15 is 0 Å². The fraction of sp³-hybridized carbons (Fsp3) is 0.353. The van der Waals surface area contributed by atoms with Crippen molar-refractivity contribution in [3.63, 3.8) is 0 Å². The second-order valence-corrected chi connectivity index (χ2v) is 15.8. The predicted octanol–water partition coefficient (Wildman–Crippen LogP) is 5.68. The van der Waals surface area contributed by atoms with E-state index in [4.69, 9.17) is 57.2 Å². The summed E-state index contributed by atoms with van der Waals surface area (Å²) >= 11 is 0. The maximum atomic E-state index is 13.2. The number of nitrogens with zero attached hydrogens (tertiary/aromatic N) is 2. The minimum atomic E-state index is -0.918. The maximum absolute atomic E-state index is 13.2. The van der Waals surface area contributed by atoms with E-state index in [9.17, 15) is 38.4 Å². The largest absolute Gasteiger partial charge is 0.488 e. The number of hydrogen-bond acceptors (Lipinski definition) is 22. The third-order valence-electron chi connectivity index (χ3n) is 10.2. The van der Waals surface area contributed by atoms with Crippen LogP contribution in [-0.4, -0.2) is 114 Å². The summed E-state index contributed by atoms with van der Waals surface area (Å²) in [6.45, 7) is 1.48. The lowest BCUT2D eigenvalue weighted by atomic mass is 9.92. The molecule has 0 fully saturated rings. The summed E-state index contributed by atoms with van der Waals surface area (Å²) in [5.41, 5.74) is 3.49. The molecular weight excluding hydrogens is 959 g/mol. The van der Waals surface area contributed by atoms with Crippen LogP contribution < -0.4 is 24.7 Å². The van der Waals surface area contributed by atoms with E-state index in [1.54, 1.807) is 48.5 Å². The number of unbranched alkanes of at least 4 members (excludes halogenated alkanes) is 1. The SMILES string of the molecule is CCCCc1ccc2c(-c3ccc(N(CC(=O)OCOC(C)=O)CC(=O)OCOC(C)=O)c(OCCOc4ccccc4N(CC(=O)OCOC(C)=N)CC(=O)OCOC(C)=O)c3)c3ccc(=O)cc-3oc2c1. The van der Waals surface area contributed by atoms with Crippen molar-refractivity contribution in [3.8, 4) is 33.9 Å². The number of benzene rings is 4. The van der Waals surface area contributed by atoms with Crippen molar-refractivity contribution < 1.29 is 85.3 Å². The van der Waals surface area contributed by atoms with E-state index in [0.29, 0.717) is 33.4 Å². The summed E-state index contributed by atoms with van der Waals surface area (Å²) in [5.74, 6) is -5.26. The second-order valence-electron chi connectivity index (χ2n) is 15.8. The van der Waals surface area contributed by atoms with Crippen LogP contribution in [0.4, 0.5) is 11.4 Å². The highest BCUT2D eigenvalue weighted by molar-refractivity contribution is 6.02. The number of carbonyl (C=O) groups excluding carboxylic acids is 7. The van der Waals surface area contributed by atoms with E-state index < -0.39 is 95.1 Å². The highest BCUT2D eigenvalue weighted by Crippen LogP contribution is 2.43. The second kappa shape index (κ2) is 27.6. The number of hydrogen-bond donors (Lipinski definition) is 1. The number of fused-ring (bicyclic) bond motifs is 2. The molecule has 1 N–H and O–H groups in total. The smallest absolute Gasteiger partial charge is 0.328 e. The third kappa shape index (κ3) is 17.6. The quantitative estimate of drug-likeness (QED) is 0.0126. The molecule has 0 bridgehead atoms. The Morgan fingerprint density at radius 3 is 1.62 bits per heavy atom. The molecule has 1 aliphatic carbocycles. The van der Waals surface area contributed by atoms with E-state index in [-0.39, 0.29) is 47.4 Å². The first-order chi connectivity index (χ1) is 35.0. The van der Waals surface area contributed by atoms with Gasteiger partial charge in [-0.15, -0.1) is 0 Å². The fourth-order valence-electron chi connectivity index (χ4n) is 6.93. The Kier molecular flexibility index (Phi) is 20.9. The molecule has 22 nitrogen and oxygen atoms in total. The number of nitrogens with one attached hydrogen (secondary N) is 1. The Bertz CT molecular complexity index is 2740. The maximum Gasteiger partial charge on any atom is 0.328 e. The molecule has 1 heterocycles. The van der Waals surface area contributed by atoms with Gasteiger partial charge in [0.2, 0.25) is 27.2 Å². The van der Waals surface area contributed by atoms with Gasteiger partial charge >= 0.3 is 41.8 Å². The van der Waals surface area contributed by atoms with Gasteiger partial charge in [0.25, 0.3) is 0 Å². The number of ether oxygens (including phenoxy) is 10. The summed E-state index contributed by atoms with van der Waals surface area (Å²) in [6.07, 6.45) is 2.72. The van der Waals surface area contributed by atoms with Gasteiger partial charge in [-0.25, -0.2) is 0 Å². The molecule has 3 aromatic rings. The summed E-state index contributed by atoms with van der Waals surface area (Å²) in [5, 5.41) is 8.13. The standard InChI is InChI=1S/C51H55N3O19/c1-6-7-10-36-13-16-39-44(21-36)73-45-23-38(58)15-17-40(45)51(39)37-14-18-42(54(26-49(61)71-30-67-34(4)56)27-50(62)72-31-68-35(5)57)46(22-37)64-20-19-63-43-12-9-8-11-41(43)53(24-47(59)69-28-65-32(2)52)25-48(60)70-29-66-33(3)55/h8-9,11-18,21-23,52H,6-7,10,19-20,24-31H2,1-5H3. The fourth-order valence-corrected chi connectivity index (χ4v) is 6.93. The molecule has 0 radical (unpaired) electrons. The van der Waals surface area contributed by atoms with Crippen molar-refractivity contribution in [2.45, 2.75) is 53.9 Å². The van der Waals surface area contributed by atoms with Crippen LogP contribution in [0, 0.1) is 5.41 Å². The number of carbonyl (C=O) groups is 7. The molecule has 2 aliphatic rings. The zero-order chi connectivity index (χ0) is 52.9. The van der Waals surface area contributed by atoms with Crippen LogP contribution in [0.1, 0.15) is 53.0 Å². The van der Waals surface area contributed by atoms with E-state index in [1.165, 1.54) is 28.9 Å². The van der Waals surface area contributed by atoms with Gasteiger partial charge in [0, 0.05) is 50.3 Å². The average molecular weight is 1010 g/mol. The average Bonchev–Trinajstić information content (AvgIpc) is 3.33. The highest BCUT2D eigenvalue weighted by atomic mass is 16.7. The number of rotatable bonds is 27. The van der Waals surface area contributed by atoms with Gasteiger partial charge < -0.3 is 61.6 Å². The highest BCUT2D eigenvalue weighted by Gasteiger charge is 2.25. The lowest BCUT2D eigenvalue weighted by Gasteiger charge is -2.26. The van der Waals surface area contributed by atoms with Crippen molar-refractivity contribution in [1.29, 1.82) is 5.41 Å². The van der Waals surface area contributed by atoms with Crippen LogP contribution in [0.2, 0.25) is 0 Å². The molecule has 0 unspecified atom stereocenters. The van der Waals surface area contributed by atoms with Crippen molar-refractivity contribution in [3.05, 3.63) is 94.6 Å². The number of aryl methyl sites for hydroxylation is 1. The molecule has 0 aromatic heterocycles. The summed E-state index contributed by atoms with van der Waals surface area (Å²) in [7, 11) is 0. The van der Waals surface area contributed by atoms with Crippen LogP contribution >= 0.6 is 0 Å². The van der Waals surface area contributed by atoms with E-state index in [0.717, 1.165) is 45.6 Å². The van der Waals surface area contributed by atoms with Crippen LogP contribution in [0.15, 0.2) is 88.1 Å². The molecule has 0 spiro atoms. The van der Waals surface area contributed by atoms with Gasteiger partial charge in [-0.3, -0.25) is 43.8 Å². The third-order valence-corrected chi connectivity index (χ3v) is 10.2. The molecule has 0 atom stereocenters. The van der Waals surface area contributed by atoms with Crippen molar-refractivity contribution in [2.24, 2.45) is 0 Å². The normalized spacial score (nSPS) is 10.6. The van der Waals surface area contributed by atoms with Crippen molar-refractivity contribution >= 4 is 70.0 Å². The molecule has 3 aromatic carbocycles. The number of esters is 7. The van der Waals surface area contributed by atoms with Crippen LogP contribution in [0.3, 0.4) is 0 Å². The van der Waals surface area contributed by atoms with E-state index in [1.807, 2.05) is 18.2 Å². The monoisotopic (exact) mass is 1010 g/mol. The first kappa shape index (κ1) is 55.2. The zero-order valence-electron chi connectivity index (χ0n) is 40.8. The molecule has 0 saturated carbocycles. The molecule has 73 heavy (non-hydrogen) atoms. The first-order valence-corrected chi connectivity index (χ1v) is 22.7. The number of anilines is 2. The summed E-state index contributed by atoms with van der Waals surface area (Å²) < 4.78 is 58.5. The molecule has 0 saturated heterocycles. The Hall–Kier alpha value is -8.69. The summed E-state index contributed by atoms with van der Waals surface area (Å²) in [4.78, 5) is 102. The van der Waals surface area contributed by atoms with Gasteiger partial charge in [-0.1, -0.05) is 43.7 Å². The molecule has 5 rings (SSSR count). The van der Waals surface area contributed by atoms with Gasteiger partial charge in [0.05, 0.1) is 11.4 Å². The lowest BCUT2D eigenvalue weighted by molar-refractivity contribution is -0.167. The topological polar surface area (TPSA) is 272 Å². The Balaban J connectivity index is 1.54. The van der Waals surface area contributed by atoms with Crippen molar-refractivity contribution in [1.82, 2.24) is 0 Å². The minimum absolute atomic E-state index is 0.0966. The molecule has 388 valence electrons. The van der Waals surface area contributed by atoms with Gasteiger partial charge in [-0.05, 0) is 66.4 Å². The Labute approximate surface area is 418 Å². The van der Waals surface area contributed by atoms with Crippen molar-refractivity contribution in [2.75, 3.05) is 76.4 Å². The Morgan fingerprint density at radius 2 is 1.08 bits per heavy atom. The molecule has 1 aliphatic heterocycles. The minimum Gasteiger partial charge on any atom is -0.488 e. The van der Waals surface area contributed by atoms with Crippen LogP contribution in [0.5, 0.6) is 11.5 Å². The van der Waals surface area contributed by atoms with Gasteiger partial charge in [-0.2, -0.15) is 0 Å². The number of para-hydroxylation sites is 2. The molecule has 22 heteroatoms. The van der Waals surface area contributed by atoms with E-state index in [2.05, 4.69) is 6.92 Å². The van der Waals surface area contributed by atoms with Crippen LogP contribution in [0.25, 0.3) is 33.4 Å². The summed E-state index contributed by atoms with van der Waals surface area (Å²) in [6, 6.07) is 21.7. The Morgan fingerprint density at radius 1 is 0.562 bits per heavy atom. The van der Waals surface area contributed by atoms with Gasteiger partial charge in [0.1, 0.15) is 62.2 Å². The first-order valence-electron chi connectivity index (χ1n) is 22.7. The van der Waals surface area contributed by atoms with Crippen LogP contribution in [-0.2, 0) is 77.9 Å².